The summed E-state index contributed by atoms with van der Waals surface area (Å²) < 4.78 is 4.54. The van der Waals surface area contributed by atoms with Crippen molar-refractivity contribution in [2.75, 3.05) is 27.3 Å². The molecule has 0 aliphatic heterocycles. The van der Waals surface area contributed by atoms with Gasteiger partial charge in [0.2, 0.25) is 0 Å². The third kappa shape index (κ3) is 12.8. The maximum absolute atomic E-state index is 10.2. The van der Waals surface area contributed by atoms with Crippen LogP contribution in [-0.2, 0) is 14.3 Å². The first-order chi connectivity index (χ1) is 7.15. The van der Waals surface area contributed by atoms with Crippen LogP contribution in [0.4, 0.5) is 0 Å². The molecule has 0 saturated carbocycles. The molecule has 88 valence electrons. The molecule has 0 radical (unpaired) electrons. The van der Waals surface area contributed by atoms with Gasteiger partial charge in [0.05, 0.1) is 12.3 Å². The summed E-state index contributed by atoms with van der Waals surface area (Å²) in [5.41, 5.74) is 0.453. The second kappa shape index (κ2) is 12.8. The first kappa shape index (κ1) is 16.2. The molecule has 5 heteroatoms. The van der Waals surface area contributed by atoms with E-state index in [0.29, 0.717) is 18.4 Å². The first-order valence-electron chi connectivity index (χ1n) is 4.82. The van der Waals surface area contributed by atoms with E-state index in [2.05, 4.69) is 9.84 Å². The average Bonchev–Trinajstić information content (AvgIpc) is 2.26. The van der Waals surface area contributed by atoms with Crippen LogP contribution in [0.3, 0.4) is 0 Å². The zero-order chi connectivity index (χ0) is 12.1. The van der Waals surface area contributed by atoms with Crippen molar-refractivity contribution in [3.63, 3.8) is 0 Å². The van der Waals surface area contributed by atoms with E-state index in [1.807, 2.05) is 13.8 Å². The van der Waals surface area contributed by atoms with Gasteiger partial charge in [-0.05, 0) is 13.3 Å². The van der Waals surface area contributed by atoms with Gasteiger partial charge in [-0.3, -0.25) is 9.80 Å². The molecule has 5 nitrogen and oxygen atoms in total. The van der Waals surface area contributed by atoms with Crippen LogP contribution in [0, 0.1) is 0 Å². The third-order valence-corrected chi connectivity index (χ3v) is 1.42. The molecule has 0 heterocycles. The van der Waals surface area contributed by atoms with E-state index in [0.717, 1.165) is 12.9 Å². The summed E-state index contributed by atoms with van der Waals surface area (Å²) in [5.74, 6) is 0. The molecular weight excluding hydrogens is 196 g/mol. The Balaban J connectivity index is 0. The maximum atomic E-state index is 10.2. The minimum Gasteiger partial charge on any atom is -0.385 e. The highest BCUT2D eigenvalue weighted by molar-refractivity contribution is 6.28. The van der Waals surface area contributed by atoms with E-state index < -0.39 is 0 Å². The Morgan fingerprint density at radius 3 is 2.20 bits per heavy atom. The lowest BCUT2D eigenvalue weighted by molar-refractivity contribution is -0.108. The van der Waals surface area contributed by atoms with Crippen molar-refractivity contribution in [2.45, 2.75) is 20.3 Å². The molecule has 0 amide bonds. The van der Waals surface area contributed by atoms with Crippen LogP contribution < -0.4 is 0 Å². The van der Waals surface area contributed by atoms with Crippen LogP contribution in [0.15, 0.2) is 5.10 Å². The summed E-state index contributed by atoms with van der Waals surface area (Å²) >= 11 is 0. The van der Waals surface area contributed by atoms with Gasteiger partial charge in [-0.25, -0.2) is 0 Å². The normalized spacial score (nSPS) is 10.0. The molecule has 0 bridgehead atoms. The van der Waals surface area contributed by atoms with E-state index in [4.69, 9.17) is 0 Å². The average molecular weight is 216 g/mol. The molecule has 0 unspecified atom stereocenters. The van der Waals surface area contributed by atoms with Crippen LogP contribution in [0.1, 0.15) is 20.3 Å². The summed E-state index contributed by atoms with van der Waals surface area (Å²) in [5, 5.41) is 5.28. The zero-order valence-electron chi connectivity index (χ0n) is 9.90. The lowest BCUT2D eigenvalue weighted by Crippen LogP contribution is -2.16. The van der Waals surface area contributed by atoms with Crippen molar-refractivity contribution >= 4 is 18.3 Å². The largest absolute Gasteiger partial charge is 0.385 e. The smallest absolute Gasteiger partial charge is 0.166 e. The highest BCUT2D eigenvalue weighted by Crippen LogP contribution is 1.86. The molecule has 0 aliphatic rings. The predicted octanol–water partition coefficient (Wildman–Crippen LogP) is 0.735. The number of hydrazone groups is 1. The van der Waals surface area contributed by atoms with Gasteiger partial charge in [0, 0.05) is 20.8 Å². The van der Waals surface area contributed by atoms with Crippen molar-refractivity contribution in [3.8, 4) is 0 Å². The van der Waals surface area contributed by atoms with Crippen LogP contribution in [0.5, 0.6) is 0 Å². The van der Waals surface area contributed by atoms with Crippen molar-refractivity contribution in [1.82, 2.24) is 5.01 Å². The van der Waals surface area contributed by atoms with Gasteiger partial charge in [0.25, 0.3) is 0 Å². The number of nitrogens with zero attached hydrogens (tertiary/aromatic N) is 2. The summed E-state index contributed by atoms with van der Waals surface area (Å²) in [6.07, 6.45) is 2.02. The van der Waals surface area contributed by atoms with Gasteiger partial charge >= 0.3 is 0 Å². The van der Waals surface area contributed by atoms with E-state index in [9.17, 15) is 9.59 Å². The number of ether oxygens (including phenoxy) is 1. The fourth-order valence-electron chi connectivity index (χ4n) is 0.546. The molecule has 0 spiro atoms. The number of hydrogen-bond acceptors (Lipinski definition) is 5. The lowest BCUT2D eigenvalue weighted by atomic mass is 10.3. The molecule has 0 rings (SSSR count). The van der Waals surface area contributed by atoms with Gasteiger partial charge < -0.3 is 9.53 Å². The van der Waals surface area contributed by atoms with Crippen LogP contribution in [0.25, 0.3) is 0 Å². The van der Waals surface area contributed by atoms with Crippen LogP contribution in [0.2, 0.25) is 0 Å². The van der Waals surface area contributed by atoms with Gasteiger partial charge in [-0.2, -0.15) is 5.10 Å². The van der Waals surface area contributed by atoms with Gasteiger partial charge in [-0.15, -0.1) is 0 Å². The Hall–Kier alpha value is -1.23. The van der Waals surface area contributed by atoms with Crippen LogP contribution in [-0.4, -0.2) is 50.6 Å². The molecule has 0 fully saturated rings. The Morgan fingerprint density at radius 1 is 1.40 bits per heavy atom. The maximum Gasteiger partial charge on any atom is 0.166 e. The topological polar surface area (TPSA) is 59.0 Å². The second-order valence-electron chi connectivity index (χ2n) is 2.65. The minimum absolute atomic E-state index is 0.220. The van der Waals surface area contributed by atoms with Gasteiger partial charge in [-0.1, -0.05) is 6.92 Å². The SMILES string of the molecule is CC/C(C=O)=N\N(C)CC=O.CCOC. The van der Waals surface area contributed by atoms with Crippen LogP contribution >= 0.6 is 0 Å². The molecule has 0 aromatic heterocycles. The predicted molar refractivity (Wildman–Crippen MR) is 60.0 cm³/mol. The minimum atomic E-state index is 0.220. The van der Waals surface area contributed by atoms with E-state index in [1.54, 1.807) is 14.2 Å². The molecule has 0 aromatic rings. The van der Waals surface area contributed by atoms with Gasteiger partial charge in [0.1, 0.15) is 6.29 Å². The Morgan fingerprint density at radius 2 is 1.93 bits per heavy atom. The standard InChI is InChI=1S/C7H12N2O2.C3H8O/c1-3-7(6-11)8-9(2)4-5-10;1-3-4-2/h5-6H,3-4H2,1-2H3;3H2,1-2H3/b8-7+;. The fraction of sp³-hybridized carbons (Fsp3) is 0.700. The third-order valence-electron chi connectivity index (χ3n) is 1.42. The number of likely N-dealkylation sites (N-methyl/N-ethyl adjacent to an activating group) is 1. The Kier molecular flexibility index (Phi) is 13.8. The number of rotatable bonds is 6. The van der Waals surface area contributed by atoms with E-state index in [1.165, 1.54) is 5.01 Å². The fourth-order valence-corrected chi connectivity index (χ4v) is 0.546. The molecule has 15 heavy (non-hydrogen) atoms. The monoisotopic (exact) mass is 216 g/mol. The first-order valence-corrected chi connectivity index (χ1v) is 4.82. The lowest BCUT2D eigenvalue weighted by Gasteiger charge is -2.08. The number of aldehydes is 2. The van der Waals surface area contributed by atoms with E-state index >= 15 is 0 Å². The second-order valence-corrected chi connectivity index (χ2v) is 2.65. The Labute approximate surface area is 91.1 Å². The number of carbonyl (C=O) groups excluding carboxylic acids is 2. The molecular formula is C10H20N2O3. The highest BCUT2D eigenvalue weighted by Gasteiger charge is 1.95. The van der Waals surface area contributed by atoms with Gasteiger partial charge in [0.15, 0.2) is 6.29 Å². The van der Waals surface area contributed by atoms with Crippen molar-refractivity contribution in [2.24, 2.45) is 5.10 Å². The molecule has 0 aromatic carbocycles. The van der Waals surface area contributed by atoms with E-state index in [-0.39, 0.29) is 6.54 Å². The molecule has 0 atom stereocenters. The number of methoxy groups -OCH3 is 1. The Bertz CT molecular complexity index is 191. The molecule has 0 N–H and O–H groups in total. The summed E-state index contributed by atoms with van der Waals surface area (Å²) in [6.45, 7) is 4.83. The zero-order valence-corrected chi connectivity index (χ0v) is 9.90. The van der Waals surface area contributed by atoms with Crippen molar-refractivity contribution in [3.05, 3.63) is 0 Å². The summed E-state index contributed by atoms with van der Waals surface area (Å²) in [6, 6.07) is 0. The molecule has 0 saturated heterocycles. The quantitative estimate of drug-likeness (QED) is 0.373. The van der Waals surface area contributed by atoms with Crippen molar-refractivity contribution in [1.29, 1.82) is 0 Å². The highest BCUT2D eigenvalue weighted by atomic mass is 16.5. The summed E-state index contributed by atoms with van der Waals surface area (Å²) in [7, 11) is 3.33. The molecule has 0 aliphatic carbocycles. The summed E-state index contributed by atoms with van der Waals surface area (Å²) in [4.78, 5) is 20.2. The van der Waals surface area contributed by atoms with Crippen molar-refractivity contribution < 1.29 is 14.3 Å². The number of carbonyl (C=O) groups is 2. The number of hydrogen-bond donors (Lipinski definition) is 0.